The molecule has 1 rings (SSSR count). The topological polar surface area (TPSA) is 38.3 Å². The smallest absolute Gasteiger partial charge is 0.0691 e. The van der Waals surface area contributed by atoms with E-state index >= 15 is 0 Å². The minimum Gasteiger partial charge on any atom is -0.377 e. The van der Waals surface area contributed by atoms with E-state index in [9.17, 15) is 4.21 Å². The summed E-state index contributed by atoms with van der Waals surface area (Å²) >= 11 is 0. The summed E-state index contributed by atoms with van der Waals surface area (Å²) in [4.78, 5) is 0. The summed E-state index contributed by atoms with van der Waals surface area (Å²) in [6, 6.07) is 0.400. The molecule has 3 nitrogen and oxygen atoms in total. The molecule has 0 amide bonds. The fourth-order valence-corrected chi connectivity index (χ4v) is 3.50. The molecule has 0 aliphatic carbocycles. The average Bonchev–Trinajstić information content (AvgIpc) is 2.69. The minimum atomic E-state index is -0.729. The molecule has 1 heterocycles. The molecule has 0 spiro atoms. The van der Waals surface area contributed by atoms with Gasteiger partial charge in [0.25, 0.3) is 0 Å². The molecule has 3 atom stereocenters. The Balaban J connectivity index is 2.20. The summed E-state index contributed by atoms with van der Waals surface area (Å²) in [5.41, 5.74) is 0. The van der Waals surface area contributed by atoms with Gasteiger partial charge in [-0.15, -0.1) is 0 Å². The van der Waals surface area contributed by atoms with Crippen molar-refractivity contribution in [2.45, 2.75) is 45.3 Å². The van der Waals surface area contributed by atoms with Crippen molar-refractivity contribution in [2.75, 3.05) is 24.7 Å². The fourth-order valence-electron chi connectivity index (χ4n) is 1.89. The lowest BCUT2D eigenvalue weighted by molar-refractivity contribution is 0.128. The van der Waals surface area contributed by atoms with Gasteiger partial charge >= 0.3 is 0 Å². The zero-order chi connectivity index (χ0) is 11.1. The predicted molar refractivity (Wildman–Crippen MR) is 64.6 cm³/mol. The Morgan fingerprint density at radius 3 is 2.87 bits per heavy atom. The van der Waals surface area contributed by atoms with Gasteiger partial charge in [-0.3, -0.25) is 4.21 Å². The van der Waals surface area contributed by atoms with Crippen molar-refractivity contribution >= 4 is 10.8 Å². The third-order valence-corrected chi connectivity index (χ3v) is 4.29. The summed E-state index contributed by atoms with van der Waals surface area (Å²) in [5, 5.41) is 3.35. The number of hydrogen-bond acceptors (Lipinski definition) is 3. The highest BCUT2D eigenvalue weighted by molar-refractivity contribution is 7.85. The molecule has 1 aliphatic rings. The van der Waals surface area contributed by atoms with Crippen molar-refractivity contribution in [3.05, 3.63) is 0 Å². The Morgan fingerprint density at radius 1 is 1.53 bits per heavy atom. The number of hydrogen-bond donors (Lipinski definition) is 1. The van der Waals surface area contributed by atoms with E-state index in [4.69, 9.17) is 4.74 Å². The number of nitrogens with one attached hydrogen (secondary N) is 1. The van der Waals surface area contributed by atoms with Crippen molar-refractivity contribution in [1.82, 2.24) is 5.32 Å². The lowest BCUT2D eigenvalue weighted by atomic mass is 10.2. The van der Waals surface area contributed by atoms with Crippen LogP contribution in [-0.2, 0) is 15.5 Å². The maximum atomic E-state index is 11.8. The molecule has 0 aromatic rings. The first-order chi connectivity index (χ1) is 7.26. The fraction of sp³-hybridized carbons (Fsp3) is 1.00. The summed E-state index contributed by atoms with van der Waals surface area (Å²) in [6.45, 7) is 6.03. The van der Waals surface area contributed by atoms with E-state index in [1.54, 1.807) is 0 Å². The average molecular weight is 233 g/mol. The van der Waals surface area contributed by atoms with Gasteiger partial charge in [-0.2, -0.15) is 0 Å². The van der Waals surface area contributed by atoms with Gasteiger partial charge in [-0.1, -0.05) is 13.8 Å². The monoisotopic (exact) mass is 233 g/mol. The summed E-state index contributed by atoms with van der Waals surface area (Å²) in [6.07, 6.45) is 3.52. The first-order valence-electron chi connectivity index (χ1n) is 5.96. The number of ether oxygens (including phenoxy) is 1. The minimum absolute atomic E-state index is 0.255. The summed E-state index contributed by atoms with van der Waals surface area (Å²) in [7, 11) is -0.729. The van der Waals surface area contributed by atoms with Crippen molar-refractivity contribution < 1.29 is 8.95 Å². The quantitative estimate of drug-likeness (QED) is 0.720. The maximum absolute atomic E-state index is 11.8. The molecule has 4 heteroatoms. The van der Waals surface area contributed by atoms with Crippen molar-refractivity contribution in [3.8, 4) is 0 Å². The van der Waals surface area contributed by atoms with Crippen LogP contribution in [0.1, 0.15) is 33.1 Å². The van der Waals surface area contributed by atoms with E-state index in [1.807, 2.05) is 0 Å². The third-order valence-electron chi connectivity index (χ3n) is 2.77. The molecule has 1 fully saturated rings. The molecule has 0 bridgehead atoms. The Morgan fingerprint density at radius 2 is 2.33 bits per heavy atom. The Kier molecular flexibility index (Phi) is 6.45. The van der Waals surface area contributed by atoms with Gasteiger partial charge in [0.05, 0.1) is 6.10 Å². The molecule has 1 aliphatic heterocycles. The van der Waals surface area contributed by atoms with Gasteiger partial charge in [0.15, 0.2) is 0 Å². The first kappa shape index (κ1) is 13.1. The standard InChI is InChI=1S/C11H23NO2S/c1-3-10(12-4-2)8-15(13)9-11-6-5-7-14-11/h10-12H,3-9H2,1-2H3. The van der Waals surface area contributed by atoms with E-state index in [-0.39, 0.29) is 6.10 Å². The van der Waals surface area contributed by atoms with E-state index in [0.717, 1.165) is 43.9 Å². The molecule has 0 saturated carbocycles. The predicted octanol–water partition coefficient (Wildman–Crippen LogP) is 1.30. The third kappa shape index (κ3) is 5.09. The van der Waals surface area contributed by atoms with Crippen LogP contribution >= 0.6 is 0 Å². The SMILES string of the molecule is CCNC(CC)CS(=O)CC1CCCO1. The molecule has 0 aromatic carbocycles. The normalized spacial score (nSPS) is 25.3. The van der Waals surface area contributed by atoms with Crippen LogP contribution in [0.15, 0.2) is 0 Å². The molecule has 0 aromatic heterocycles. The maximum Gasteiger partial charge on any atom is 0.0691 e. The Bertz CT molecular complexity index is 193. The highest BCUT2D eigenvalue weighted by Crippen LogP contribution is 2.13. The molecule has 1 N–H and O–H groups in total. The second-order valence-electron chi connectivity index (χ2n) is 4.07. The van der Waals surface area contributed by atoms with Crippen LogP contribution in [-0.4, -0.2) is 41.0 Å². The molecular weight excluding hydrogens is 210 g/mol. The lowest BCUT2D eigenvalue weighted by Gasteiger charge is -2.16. The molecule has 1 saturated heterocycles. The van der Waals surface area contributed by atoms with Crippen LogP contribution in [0.3, 0.4) is 0 Å². The molecule has 0 radical (unpaired) electrons. The van der Waals surface area contributed by atoms with Crippen LogP contribution in [0.5, 0.6) is 0 Å². The highest BCUT2D eigenvalue weighted by atomic mass is 32.2. The van der Waals surface area contributed by atoms with Crippen LogP contribution in [0, 0.1) is 0 Å². The second kappa shape index (κ2) is 7.36. The summed E-state index contributed by atoms with van der Waals surface area (Å²) in [5.74, 6) is 1.49. The van der Waals surface area contributed by atoms with Crippen molar-refractivity contribution in [2.24, 2.45) is 0 Å². The van der Waals surface area contributed by atoms with Crippen LogP contribution < -0.4 is 5.32 Å². The molecule has 3 unspecified atom stereocenters. The molecule has 15 heavy (non-hydrogen) atoms. The second-order valence-corrected chi connectivity index (χ2v) is 5.62. The Labute approximate surface area is 95.4 Å². The molecule has 90 valence electrons. The molecular formula is C11H23NO2S. The van der Waals surface area contributed by atoms with E-state index in [2.05, 4.69) is 19.2 Å². The van der Waals surface area contributed by atoms with Crippen LogP contribution in [0.25, 0.3) is 0 Å². The van der Waals surface area contributed by atoms with Gasteiger partial charge in [-0.25, -0.2) is 0 Å². The van der Waals surface area contributed by atoms with Crippen molar-refractivity contribution in [1.29, 1.82) is 0 Å². The van der Waals surface area contributed by atoms with Gasteiger partial charge < -0.3 is 10.1 Å². The lowest BCUT2D eigenvalue weighted by Crippen LogP contribution is -2.35. The van der Waals surface area contributed by atoms with Crippen LogP contribution in [0.4, 0.5) is 0 Å². The largest absolute Gasteiger partial charge is 0.377 e. The van der Waals surface area contributed by atoms with E-state index in [1.165, 1.54) is 0 Å². The van der Waals surface area contributed by atoms with Gasteiger partial charge in [-0.05, 0) is 25.8 Å². The highest BCUT2D eigenvalue weighted by Gasteiger charge is 2.19. The van der Waals surface area contributed by atoms with Crippen molar-refractivity contribution in [3.63, 3.8) is 0 Å². The van der Waals surface area contributed by atoms with E-state index in [0.29, 0.717) is 6.04 Å². The van der Waals surface area contributed by atoms with Gasteiger partial charge in [0.2, 0.25) is 0 Å². The van der Waals surface area contributed by atoms with Crippen LogP contribution in [0.2, 0.25) is 0 Å². The number of rotatable bonds is 7. The van der Waals surface area contributed by atoms with Gasteiger partial charge in [0, 0.05) is 35.0 Å². The summed E-state index contributed by atoms with van der Waals surface area (Å²) < 4.78 is 17.3. The van der Waals surface area contributed by atoms with E-state index < -0.39 is 10.8 Å². The van der Waals surface area contributed by atoms with Gasteiger partial charge in [0.1, 0.15) is 0 Å². The first-order valence-corrected chi connectivity index (χ1v) is 7.45. The zero-order valence-corrected chi connectivity index (χ0v) is 10.6. The zero-order valence-electron chi connectivity index (χ0n) is 9.83. The Hall–Kier alpha value is 0.0700.